The number of carbonyl (C=O) groups is 2. The van der Waals surface area contributed by atoms with E-state index in [1.807, 2.05) is 0 Å². The van der Waals surface area contributed by atoms with E-state index >= 15 is 0 Å². The Kier molecular flexibility index (Phi) is 9.09. The maximum atomic E-state index is 13.4. The highest BCUT2D eigenvalue weighted by Gasteiger charge is 2.31. The minimum atomic E-state index is -3.75. The number of ether oxygens (including phenoxy) is 1. The molecule has 2 aromatic rings. The van der Waals surface area contributed by atoms with Crippen LogP contribution in [0.4, 0.5) is 5.69 Å². The summed E-state index contributed by atoms with van der Waals surface area (Å²) in [5.41, 5.74) is 1.15. The molecule has 0 aliphatic rings. The molecular weight excluding hydrogens is 498 g/mol. The van der Waals surface area contributed by atoms with E-state index in [2.05, 4.69) is 21.2 Å². The molecule has 32 heavy (non-hydrogen) atoms. The minimum Gasteiger partial charge on any atom is -0.497 e. The van der Waals surface area contributed by atoms with Gasteiger partial charge in [0.25, 0.3) is 0 Å². The minimum absolute atomic E-state index is 0.146. The first-order valence-corrected chi connectivity index (χ1v) is 12.6. The smallest absolute Gasteiger partial charge is 0.244 e. The van der Waals surface area contributed by atoms with Crippen molar-refractivity contribution in [3.8, 4) is 5.75 Å². The number of methoxy groups -OCH3 is 1. The van der Waals surface area contributed by atoms with Crippen LogP contribution < -0.4 is 14.4 Å². The van der Waals surface area contributed by atoms with Crippen LogP contribution in [0.1, 0.15) is 18.9 Å². The summed E-state index contributed by atoms with van der Waals surface area (Å²) in [6.45, 7) is 1.52. The molecule has 1 N–H and O–H groups in total. The highest BCUT2D eigenvalue weighted by Crippen LogP contribution is 2.22. The predicted octanol–water partition coefficient (Wildman–Crippen LogP) is 2.78. The van der Waals surface area contributed by atoms with Crippen molar-refractivity contribution in [3.63, 3.8) is 0 Å². The van der Waals surface area contributed by atoms with Crippen LogP contribution in [-0.2, 0) is 26.2 Å². The fourth-order valence-corrected chi connectivity index (χ4v) is 4.35. The fourth-order valence-electron chi connectivity index (χ4n) is 3.23. The average Bonchev–Trinajstić information content (AvgIpc) is 2.77. The highest BCUT2D eigenvalue weighted by molar-refractivity contribution is 9.10. The number of amides is 2. The molecule has 0 bridgehead atoms. The van der Waals surface area contributed by atoms with Crippen molar-refractivity contribution in [2.75, 3.05) is 31.3 Å². The van der Waals surface area contributed by atoms with Gasteiger partial charge >= 0.3 is 0 Å². The molecule has 0 radical (unpaired) electrons. The Morgan fingerprint density at radius 3 is 2.16 bits per heavy atom. The van der Waals surface area contributed by atoms with E-state index in [0.29, 0.717) is 17.9 Å². The van der Waals surface area contributed by atoms with E-state index in [1.54, 1.807) is 62.6 Å². The molecule has 0 saturated carbocycles. The van der Waals surface area contributed by atoms with Crippen LogP contribution in [0.25, 0.3) is 0 Å². The number of hydrogen-bond donors (Lipinski definition) is 1. The maximum Gasteiger partial charge on any atom is 0.244 e. The lowest BCUT2D eigenvalue weighted by molar-refractivity contribution is -0.140. The molecule has 0 fully saturated rings. The van der Waals surface area contributed by atoms with Crippen LogP contribution in [0.3, 0.4) is 0 Å². The van der Waals surface area contributed by atoms with Crippen molar-refractivity contribution in [3.05, 3.63) is 58.6 Å². The number of rotatable bonds is 10. The zero-order valence-electron chi connectivity index (χ0n) is 18.5. The standard InChI is InChI=1S/C22H28BrN3O5S/c1-5-20(22(28)24-2)25(14-16-6-12-19(31-3)13-7-16)21(27)15-26(32(4,29)30)18-10-8-17(23)9-11-18/h6-13,20H,5,14-15H2,1-4H3,(H,24,28)/t20-/m1/s1. The molecule has 1 atom stereocenters. The second-order valence-electron chi connectivity index (χ2n) is 7.15. The van der Waals surface area contributed by atoms with E-state index in [4.69, 9.17) is 4.74 Å². The van der Waals surface area contributed by atoms with Crippen molar-refractivity contribution in [2.24, 2.45) is 0 Å². The topological polar surface area (TPSA) is 96.0 Å². The zero-order valence-corrected chi connectivity index (χ0v) is 20.9. The summed E-state index contributed by atoms with van der Waals surface area (Å²) in [5, 5.41) is 2.59. The second-order valence-corrected chi connectivity index (χ2v) is 9.98. The molecule has 0 aromatic heterocycles. The van der Waals surface area contributed by atoms with Crippen molar-refractivity contribution in [1.82, 2.24) is 10.2 Å². The van der Waals surface area contributed by atoms with Crippen LogP contribution in [-0.4, -0.2) is 58.1 Å². The molecule has 2 rings (SSSR count). The largest absolute Gasteiger partial charge is 0.497 e. The fraction of sp³-hybridized carbons (Fsp3) is 0.364. The van der Waals surface area contributed by atoms with Gasteiger partial charge in [-0.25, -0.2) is 8.42 Å². The third-order valence-electron chi connectivity index (χ3n) is 4.94. The average molecular weight is 526 g/mol. The molecule has 0 aliphatic carbocycles. The van der Waals surface area contributed by atoms with E-state index < -0.39 is 28.5 Å². The highest BCUT2D eigenvalue weighted by atomic mass is 79.9. The number of sulfonamides is 1. The Labute approximate surface area is 197 Å². The summed E-state index contributed by atoms with van der Waals surface area (Å²) in [5.74, 6) is -0.128. The van der Waals surface area contributed by atoms with Crippen molar-refractivity contribution < 1.29 is 22.7 Å². The number of carbonyl (C=O) groups excluding carboxylic acids is 2. The number of nitrogens with zero attached hydrogens (tertiary/aromatic N) is 2. The zero-order chi connectivity index (χ0) is 23.9. The number of anilines is 1. The first-order valence-electron chi connectivity index (χ1n) is 9.98. The van der Waals surface area contributed by atoms with Gasteiger partial charge in [0.15, 0.2) is 0 Å². The van der Waals surface area contributed by atoms with Crippen molar-refractivity contribution in [1.29, 1.82) is 0 Å². The summed E-state index contributed by atoms with van der Waals surface area (Å²) in [7, 11) is -0.679. The molecule has 8 nitrogen and oxygen atoms in total. The third-order valence-corrected chi connectivity index (χ3v) is 6.61. The van der Waals surface area contributed by atoms with Gasteiger partial charge in [-0.2, -0.15) is 0 Å². The Bertz CT molecular complexity index is 1030. The van der Waals surface area contributed by atoms with E-state index in [-0.39, 0.29) is 12.5 Å². The van der Waals surface area contributed by atoms with Gasteiger partial charge in [-0.05, 0) is 48.4 Å². The number of likely N-dealkylation sites (N-methyl/N-ethyl adjacent to an activating group) is 1. The van der Waals surface area contributed by atoms with Gasteiger partial charge < -0.3 is 15.0 Å². The molecule has 0 heterocycles. The van der Waals surface area contributed by atoms with E-state index in [0.717, 1.165) is 20.6 Å². The summed E-state index contributed by atoms with van der Waals surface area (Å²) >= 11 is 3.32. The van der Waals surface area contributed by atoms with Gasteiger partial charge in [-0.1, -0.05) is 35.0 Å². The first kappa shape index (κ1) is 25.7. The van der Waals surface area contributed by atoms with Crippen molar-refractivity contribution in [2.45, 2.75) is 25.9 Å². The summed E-state index contributed by atoms with van der Waals surface area (Å²) in [4.78, 5) is 27.3. The molecule has 0 saturated heterocycles. The van der Waals surface area contributed by atoms with E-state index in [9.17, 15) is 18.0 Å². The number of benzene rings is 2. The lowest BCUT2D eigenvalue weighted by Gasteiger charge is -2.32. The van der Waals surface area contributed by atoms with E-state index in [1.165, 1.54) is 11.9 Å². The Balaban J connectivity index is 2.39. The molecular formula is C22H28BrN3O5S. The van der Waals surface area contributed by atoms with Gasteiger partial charge in [-0.15, -0.1) is 0 Å². The Morgan fingerprint density at radius 1 is 1.09 bits per heavy atom. The van der Waals surface area contributed by atoms with Gasteiger partial charge in [-0.3, -0.25) is 13.9 Å². The third kappa shape index (κ3) is 6.70. The molecule has 2 amide bonds. The molecule has 10 heteroatoms. The molecule has 0 spiro atoms. The molecule has 2 aromatic carbocycles. The van der Waals surface area contributed by atoms with Crippen molar-refractivity contribution >= 4 is 43.5 Å². The van der Waals surface area contributed by atoms with Gasteiger partial charge in [0.2, 0.25) is 21.8 Å². The maximum absolute atomic E-state index is 13.4. The van der Waals surface area contributed by atoms with Crippen LogP contribution in [0.5, 0.6) is 5.75 Å². The number of nitrogens with one attached hydrogen (secondary N) is 1. The van der Waals surface area contributed by atoms with Crippen LogP contribution in [0, 0.1) is 0 Å². The monoisotopic (exact) mass is 525 g/mol. The molecule has 174 valence electrons. The SMILES string of the molecule is CC[C@H](C(=O)NC)N(Cc1ccc(OC)cc1)C(=O)CN(c1ccc(Br)cc1)S(C)(=O)=O. The van der Waals surface area contributed by atoms with Gasteiger partial charge in [0.05, 0.1) is 19.1 Å². The summed E-state index contributed by atoms with van der Waals surface area (Å²) in [6.07, 6.45) is 1.42. The van der Waals surface area contributed by atoms with Crippen LogP contribution >= 0.6 is 15.9 Å². The molecule has 0 aliphatic heterocycles. The lowest BCUT2D eigenvalue weighted by atomic mass is 10.1. The predicted molar refractivity (Wildman–Crippen MR) is 128 cm³/mol. The quantitative estimate of drug-likeness (QED) is 0.514. The number of halogens is 1. The number of hydrogen-bond acceptors (Lipinski definition) is 5. The first-order chi connectivity index (χ1) is 15.1. The second kappa shape index (κ2) is 11.3. The Hall–Kier alpha value is -2.59. The summed E-state index contributed by atoms with van der Waals surface area (Å²) < 4.78 is 32.0. The lowest BCUT2D eigenvalue weighted by Crippen LogP contribution is -2.51. The van der Waals surface area contributed by atoms with Crippen LogP contribution in [0.2, 0.25) is 0 Å². The van der Waals surface area contributed by atoms with Gasteiger partial charge in [0.1, 0.15) is 18.3 Å². The molecule has 0 unspecified atom stereocenters. The summed E-state index contributed by atoms with van der Waals surface area (Å²) in [6, 6.07) is 13.0. The normalized spacial score (nSPS) is 12.0. The van der Waals surface area contributed by atoms with Crippen LogP contribution in [0.15, 0.2) is 53.0 Å². The van der Waals surface area contributed by atoms with Gasteiger partial charge in [0, 0.05) is 18.1 Å². The Morgan fingerprint density at radius 2 is 1.69 bits per heavy atom.